The third kappa shape index (κ3) is 2.44. The Morgan fingerprint density at radius 2 is 2.24 bits per heavy atom. The second-order valence-electron chi connectivity index (χ2n) is 3.61. The number of hydrogen-bond donors (Lipinski definition) is 1. The van der Waals surface area contributed by atoms with Crippen LogP contribution in [0.25, 0.3) is 10.1 Å². The zero-order valence-corrected chi connectivity index (χ0v) is 11.2. The lowest BCUT2D eigenvalue weighted by Gasteiger charge is -2.04. The molecule has 2 nitrogen and oxygen atoms in total. The normalized spacial score (nSPS) is 10.9. The monoisotopic (exact) mass is 280 g/mol. The van der Waals surface area contributed by atoms with E-state index >= 15 is 0 Å². The summed E-state index contributed by atoms with van der Waals surface area (Å²) in [6.07, 6.45) is 1.81. The van der Waals surface area contributed by atoms with Gasteiger partial charge in [-0.25, -0.2) is 4.98 Å². The molecule has 2 aromatic heterocycles. The lowest BCUT2D eigenvalue weighted by atomic mass is 10.2. The Morgan fingerprint density at radius 1 is 1.29 bits per heavy atom. The van der Waals surface area contributed by atoms with Crippen LogP contribution in [0.1, 0.15) is 4.88 Å². The van der Waals surface area contributed by atoms with E-state index in [1.165, 1.54) is 21.4 Å². The summed E-state index contributed by atoms with van der Waals surface area (Å²) in [4.78, 5) is 5.16. The van der Waals surface area contributed by atoms with Gasteiger partial charge in [0.25, 0.3) is 0 Å². The standard InChI is InChI=1S/C12H9ClN2S2/c13-12-15-7-10(17-12)6-14-9-2-1-8-3-4-16-11(8)5-9/h1-5,7,14H,6H2. The number of thiophene rings is 1. The molecular weight excluding hydrogens is 272 g/mol. The highest BCUT2D eigenvalue weighted by molar-refractivity contribution is 7.17. The molecule has 86 valence electrons. The van der Waals surface area contributed by atoms with Crippen molar-refractivity contribution in [2.24, 2.45) is 0 Å². The van der Waals surface area contributed by atoms with Gasteiger partial charge in [0.05, 0.1) is 6.54 Å². The molecule has 1 aromatic carbocycles. The molecule has 0 atom stereocenters. The molecule has 3 rings (SSSR count). The summed E-state index contributed by atoms with van der Waals surface area (Å²) in [5.74, 6) is 0. The molecule has 0 aliphatic heterocycles. The fourth-order valence-electron chi connectivity index (χ4n) is 1.62. The minimum Gasteiger partial charge on any atom is -0.380 e. The number of halogens is 1. The van der Waals surface area contributed by atoms with Crippen LogP contribution in [0.15, 0.2) is 35.8 Å². The van der Waals surface area contributed by atoms with Gasteiger partial charge in [0.15, 0.2) is 4.47 Å². The van der Waals surface area contributed by atoms with Crippen molar-refractivity contribution in [2.45, 2.75) is 6.54 Å². The average Bonchev–Trinajstić information content (AvgIpc) is 2.94. The summed E-state index contributed by atoms with van der Waals surface area (Å²) >= 11 is 9.05. The summed E-state index contributed by atoms with van der Waals surface area (Å²) in [6, 6.07) is 8.53. The number of nitrogens with one attached hydrogen (secondary N) is 1. The van der Waals surface area contributed by atoms with Crippen LogP contribution in [0.5, 0.6) is 0 Å². The van der Waals surface area contributed by atoms with Crippen LogP contribution in [0.2, 0.25) is 4.47 Å². The Labute approximate surface area is 112 Å². The van der Waals surface area contributed by atoms with Crippen molar-refractivity contribution in [3.05, 3.63) is 45.2 Å². The van der Waals surface area contributed by atoms with E-state index in [9.17, 15) is 0 Å². The maximum atomic E-state index is 5.79. The van der Waals surface area contributed by atoms with Crippen LogP contribution >= 0.6 is 34.3 Å². The summed E-state index contributed by atoms with van der Waals surface area (Å²) in [5, 5.41) is 6.78. The van der Waals surface area contributed by atoms with Crippen LogP contribution in [0.4, 0.5) is 5.69 Å². The van der Waals surface area contributed by atoms with Crippen LogP contribution in [0, 0.1) is 0 Å². The lowest BCUT2D eigenvalue weighted by molar-refractivity contribution is 1.18. The third-order valence-corrected chi connectivity index (χ3v) is 4.44. The van der Waals surface area contributed by atoms with Gasteiger partial charge in [-0.1, -0.05) is 17.7 Å². The zero-order valence-electron chi connectivity index (χ0n) is 8.81. The minimum atomic E-state index is 0.593. The minimum absolute atomic E-state index is 0.593. The largest absolute Gasteiger partial charge is 0.380 e. The van der Waals surface area contributed by atoms with E-state index in [2.05, 4.69) is 39.9 Å². The van der Waals surface area contributed by atoms with Crippen molar-refractivity contribution in [1.82, 2.24) is 4.98 Å². The number of hydrogen-bond acceptors (Lipinski definition) is 4. The van der Waals surface area contributed by atoms with Crippen LogP contribution < -0.4 is 5.32 Å². The van der Waals surface area contributed by atoms with E-state index < -0.39 is 0 Å². The number of anilines is 1. The summed E-state index contributed by atoms with van der Waals surface area (Å²) < 4.78 is 1.90. The van der Waals surface area contributed by atoms with Gasteiger partial charge in [-0.15, -0.1) is 22.7 Å². The predicted molar refractivity (Wildman–Crippen MR) is 76.3 cm³/mol. The Balaban J connectivity index is 1.76. The van der Waals surface area contributed by atoms with Gasteiger partial charge >= 0.3 is 0 Å². The van der Waals surface area contributed by atoms with E-state index in [4.69, 9.17) is 11.6 Å². The molecule has 0 spiro atoms. The Morgan fingerprint density at radius 3 is 3.06 bits per heavy atom. The van der Waals surface area contributed by atoms with E-state index in [0.717, 1.165) is 17.1 Å². The van der Waals surface area contributed by atoms with Gasteiger partial charge in [0.1, 0.15) is 0 Å². The van der Waals surface area contributed by atoms with E-state index in [0.29, 0.717) is 4.47 Å². The van der Waals surface area contributed by atoms with Crippen molar-refractivity contribution in [2.75, 3.05) is 5.32 Å². The van der Waals surface area contributed by atoms with Crippen LogP contribution in [-0.2, 0) is 6.54 Å². The molecule has 0 saturated carbocycles. The molecular formula is C12H9ClN2S2. The first-order chi connectivity index (χ1) is 8.31. The zero-order chi connectivity index (χ0) is 11.7. The van der Waals surface area contributed by atoms with Gasteiger partial charge in [0, 0.05) is 21.5 Å². The van der Waals surface area contributed by atoms with Gasteiger partial charge in [-0.3, -0.25) is 0 Å². The predicted octanol–water partition coefficient (Wildman–Crippen LogP) is 4.62. The fraction of sp³-hybridized carbons (Fsp3) is 0.0833. The van der Waals surface area contributed by atoms with Crippen molar-refractivity contribution in [1.29, 1.82) is 0 Å². The first-order valence-corrected chi connectivity index (χ1v) is 7.20. The topological polar surface area (TPSA) is 24.9 Å². The van der Waals surface area contributed by atoms with E-state index in [1.54, 1.807) is 11.3 Å². The Hall–Kier alpha value is -1.10. The molecule has 1 N–H and O–H groups in total. The van der Waals surface area contributed by atoms with Crippen molar-refractivity contribution in [3.8, 4) is 0 Å². The van der Waals surface area contributed by atoms with Crippen LogP contribution in [0.3, 0.4) is 0 Å². The maximum Gasteiger partial charge on any atom is 0.183 e. The number of fused-ring (bicyclic) bond motifs is 1. The number of aromatic nitrogens is 1. The SMILES string of the molecule is Clc1ncc(CNc2ccc3ccsc3c2)s1. The summed E-state index contributed by atoms with van der Waals surface area (Å²) in [5.41, 5.74) is 1.13. The van der Waals surface area contributed by atoms with Gasteiger partial charge in [-0.05, 0) is 29.0 Å². The number of rotatable bonds is 3. The molecule has 0 aliphatic rings. The van der Waals surface area contributed by atoms with Crippen molar-refractivity contribution < 1.29 is 0 Å². The summed E-state index contributed by atoms with van der Waals surface area (Å²) in [7, 11) is 0. The van der Waals surface area contributed by atoms with Crippen molar-refractivity contribution >= 4 is 50.0 Å². The van der Waals surface area contributed by atoms with E-state index in [-0.39, 0.29) is 0 Å². The highest BCUT2D eigenvalue weighted by Crippen LogP contribution is 2.25. The highest BCUT2D eigenvalue weighted by Gasteiger charge is 2.00. The van der Waals surface area contributed by atoms with Gasteiger partial charge in [-0.2, -0.15) is 0 Å². The highest BCUT2D eigenvalue weighted by atomic mass is 35.5. The second kappa shape index (κ2) is 4.64. The molecule has 0 bridgehead atoms. The first kappa shape index (κ1) is 11.0. The van der Waals surface area contributed by atoms with Gasteiger partial charge < -0.3 is 5.32 Å². The number of benzene rings is 1. The summed E-state index contributed by atoms with van der Waals surface area (Å²) in [6.45, 7) is 0.765. The molecule has 0 unspecified atom stereocenters. The van der Waals surface area contributed by atoms with Crippen LogP contribution in [-0.4, -0.2) is 4.98 Å². The Kier molecular flexibility index (Phi) is 3.01. The first-order valence-electron chi connectivity index (χ1n) is 5.12. The molecule has 0 saturated heterocycles. The quantitative estimate of drug-likeness (QED) is 0.757. The molecule has 0 fully saturated rings. The molecule has 0 radical (unpaired) electrons. The van der Waals surface area contributed by atoms with E-state index in [1.807, 2.05) is 6.20 Å². The Bertz CT molecular complexity index is 645. The molecule has 5 heteroatoms. The molecule has 3 aromatic rings. The van der Waals surface area contributed by atoms with Gasteiger partial charge in [0.2, 0.25) is 0 Å². The third-order valence-electron chi connectivity index (χ3n) is 2.45. The smallest absolute Gasteiger partial charge is 0.183 e. The number of nitrogens with zero attached hydrogens (tertiary/aromatic N) is 1. The molecule has 0 aliphatic carbocycles. The average molecular weight is 281 g/mol. The molecule has 17 heavy (non-hydrogen) atoms. The van der Waals surface area contributed by atoms with Crippen molar-refractivity contribution in [3.63, 3.8) is 0 Å². The fourth-order valence-corrected chi connectivity index (χ4v) is 3.37. The molecule has 0 amide bonds. The second-order valence-corrected chi connectivity index (χ2v) is 6.25. The molecule has 2 heterocycles. The maximum absolute atomic E-state index is 5.79. The lowest BCUT2D eigenvalue weighted by Crippen LogP contribution is -1.96. The number of thiazole rings is 1.